The summed E-state index contributed by atoms with van der Waals surface area (Å²) in [6, 6.07) is 10.4. The molecule has 0 radical (unpaired) electrons. The van der Waals surface area contributed by atoms with E-state index in [1.165, 1.54) is 12.0 Å². The van der Waals surface area contributed by atoms with Crippen molar-refractivity contribution >= 4 is 6.08 Å². The maximum atomic E-state index is 2.20. The Morgan fingerprint density at radius 3 is 2.54 bits per heavy atom. The first kappa shape index (κ1) is 9.85. The van der Waals surface area contributed by atoms with Gasteiger partial charge in [0.2, 0.25) is 0 Å². The van der Waals surface area contributed by atoms with Gasteiger partial charge < -0.3 is 4.90 Å². The SMILES string of the molecule is CCCN(C)/C=C/c1ccccc1. The lowest BCUT2D eigenvalue weighted by atomic mass is 10.2. The van der Waals surface area contributed by atoms with Crippen molar-refractivity contribution in [3.63, 3.8) is 0 Å². The third kappa shape index (κ3) is 3.79. The molecule has 13 heavy (non-hydrogen) atoms. The van der Waals surface area contributed by atoms with Crippen LogP contribution in [-0.2, 0) is 0 Å². The van der Waals surface area contributed by atoms with E-state index in [0.717, 1.165) is 6.54 Å². The molecule has 0 saturated heterocycles. The average Bonchev–Trinajstić information content (AvgIpc) is 2.17. The Balaban J connectivity index is 2.49. The maximum absolute atomic E-state index is 2.20. The highest BCUT2D eigenvalue weighted by molar-refractivity contribution is 5.48. The first-order valence-corrected chi connectivity index (χ1v) is 4.76. The molecule has 0 heterocycles. The lowest BCUT2D eigenvalue weighted by Gasteiger charge is -2.11. The molecule has 0 aliphatic rings. The molecule has 1 aromatic carbocycles. The molecule has 0 unspecified atom stereocenters. The molecular formula is C12H17N. The Bertz CT molecular complexity index is 251. The van der Waals surface area contributed by atoms with Crippen LogP contribution in [-0.4, -0.2) is 18.5 Å². The fraction of sp³-hybridized carbons (Fsp3) is 0.333. The van der Waals surface area contributed by atoms with Crippen LogP contribution in [0, 0.1) is 0 Å². The van der Waals surface area contributed by atoms with Gasteiger partial charge >= 0.3 is 0 Å². The summed E-state index contributed by atoms with van der Waals surface area (Å²) in [4.78, 5) is 2.20. The van der Waals surface area contributed by atoms with E-state index in [-0.39, 0.29) is 0 Å². The summed E-state index contributed by atoms with van der Waals surface area (Å²) < 4.78 is 0. The van der Waals surface area contributed by atoms with Gasteiger partial charge in [0, 0.05) is 13.6 Å². The normalized spacial score (nSPS) is 10.6. The number of hydrogen-bond donors (Lipinski definition) is 0. The third-order valence-corrected chi connectivity index (χ3v) is 1.90. The monoisotopic (exact) mass is 175 g/mol. The van der Waals surface area contributed by atoms with Gasteiger partial charge in [-0.05, 0) is 24.3 Å². The van der Waals surface area contributed by atoms with Gasteiger partial charge in [0.1, 0.15) is 0 Å². The van der Waals surface area contributed by atoms with Crippen molar-refractivity contribution in [1.82, 2.24) is 4.90 Å². The van der Waals surface area contributed by atoms with Crippen molar-refractivity contribution < 1.29 is 0 Å². The highest BCUT2D eigenvalue weighted by atomic mass is 15.1. The van der Waals surface area contributed by atoms with Crippen LogP contribution in [0.25, 0.3) is 6.08 Å². The van der Waals surface area contributed by atoms with Gasteiger partial charge in [0.15, 0.2) is 0 Å². The van der Waals surface area contributed by atoms with E-state index in [1.807, 2.05) is 6.07 Å². The van der Waals surface area contributed by atoms with Crippen molar-refractivity contribution in [1.29, 1.82) is 0 Å². The topological polar surface area (TPSA) is 3.24 Å². The van der Waals surface area contributed by atoms with Crippen LogP contribution in [0.5, 0.6) is 0 Å². The van der Waals surface area contributed by atoms with E-state index in [0.29, 0.717) is 0 Å². The summed E-state index contributed by atoms with van der Waals surface area (Å²) in [5, 5.41) is 0. The van der Waals surface area contributed by atoms with Crippen molar-refractivity contribution in [2.75, 3.05) is 13.6 Å². The first-order chi connectivity index (χ1) is 6.33. The lowest BCUT2D eigenvalue weighted by molar-refractivity contribution is 0.457. The van der Waals surface area contributed by atoms with Gasteiger partial charge in [-0.2, -0.15) is 0 Å². The molecule has 1 nitrogen and oxygen atoms in total. The number of benzene rings is 1. The van der Waals surface area contributed by atoms with Gasteiger partial charge in [-0.3, -0.25) is 0 Å². The molecule has 0 fully saturated rings. The van der Waals surface area contributed by atoms with E-state index in [1.54, 1.807) is 0 Å². The quantitative estimate of drug-likeness (QED) is 0.680. The zero-order valence-corrected chi connectivity index (χ0v) is 8.40. The predicted molar refractivity (Wildman–Crippen MR) is 58.4 cm³/mol. The smallest absolute Gasteiger partial charge is 0.0166 e. The second-order valence-electron chi connectivity index (χ2n) is 3.21. The summed E-state index contributed by atoms with van der Waals surface area (Å²) >= 11 is 0. The molecule has 0 bridgehead atoms. The van der Waals surface area contributed by atoms with Crippen molar-refractivity contribution in [2.24, 2.45) is 0 Å². The third-order valence-electron chi connectivity index (χ3n) is 1.90. The summed E-state index contributed by atoms with van der Waals surface area (Å²) in [5.41, 5.74) is 1.26. The molecule has 0 amide bonds. The molecule has 0 N–H and O–H groups in total. The minimum absolute atomic E-state index is 1.11. The standard InChI is InChI=1S/C12H17N/c1-3-10-13(2)11-9-12-7-5-4-6-8-12/h4-9,11H,3,10H2,1-2H3/b11-9+. The molecule has 0 aliphatic carbocycles. The molecule has 1 rings (SSSR count). The van der Waals surface area contributed by atoms with Crippen molar-refractivity contribution in [3.8, 4) is 0 Å². The van der Waals surface area contributed by atoms with Crippen molar-refractivity contribution in [2.45, 2.75) is 13.3 Å². The van der Waals surface area contributed by atoms with E-state index in [4.69, 9.17) is 0 Å². The maximum Gasteiger partial charge on any atom is 0.0166 e. The van der Waals surface area contributed by atoms with Crippen LogP contribution in [0.2, 0.25) is 0 Å². The van der Waals surface area contributed by atoms with Crippen LogP contribution >= 0.6 is 0 Å². The molecule has 0 atom stereocenters. The largest absolute Gasteiger partial charge is 0.380 e. The summed E-state index contributed by atoms with van der Waals surface area (Å²) in [7, 11) is 2.10. The Kier molecular flexibility index (Phi) is 4.10. The number of nitrogens with zero attached hydrogens (tertiary/aromatic N) is 1. The minimum atomic E-state index is 1.11. The number of rotatable bonds is 4. The van der Waals surface area contributed by atoms with Gasteiger partial charge in [-0.15, -0.1) is 0 Å². The second kappa shape index (κ2) is 5.41. The molecule has 1 heteroatoms. The molecule has 1 aromatic rings. The fourth-order valence-corrected chi connectivity index (χ4v) is 1.20. The van der Waals surface area contributed by atoms with Crippen LogP contribution in [0.4, 0.5) is 0 Å². The molecule has 0 saturated carbocycles. The van der Waals surface area contributed by atoms with Crippen LogP contribution < -0.4 is 0 Å². The molecule has 0 aliphatic heterocycles. The highest BCUT2D eigenvalue weighted by Crippen LogP contribution is 2.01. The van der Waals surface area contributed by atoms with Crippen LogP contribution in [0.15, 0.2) is 36.5 Å². The zero-order valence-electron chi connectivity index (χ0n) is 8.40. The van der Waals surface area contributed by atoms with E-state index in [9.17, 15) is 0 Å². The van der Waals surface area contributed by atoms with E-state index in [2.05, 4.69) is 55.4 Å². The Hall–Kier alpha value is -1.24. The Labute approximate surface area is 80.7 Å². The highest BCUT2D eigenvalue weighted by Gasteiger charge is 1.87. The van der Waals surface area contributed by atoms with Crippen LogP contribution in [0.3, 0.4) is 0 Å². The molecule has 0 aromatic heterocycles. The minimum Gasteiger partial charge on any atom is -0.380 e. The zero-order chi connectivity index (χ0) is 9.52. The Morgan fingerprint density at radius 1 is 1.23 bits per heavy atom. The molecule has 0 spiro atoms. The van der Waals surface area contributed by atoms with Crippen molar-refractivity contribution in [3.05, 3.63) is 42.1 Å². The first-order valence-electron chi connectivity index (χ1n) is 4.76. The van der Waals surface area contributed by atoms with Gasteiger partial charge in [0.25, 0.3) is 0 Å². The van der Waals surface area contributed by atoms with E-state index >= 15 is 0 Å². The van der Waals surface area contributed by atoms with Gasteiger partial charge in [-0.1, -0.05) is 37.3 Å². The van der Waals surface area contributed by atoms with E-state index < -0.39 is 0 Å². The van der Waals surface area contributed by atoms with Crippen LogP contribution in [0.1, 0.15) is 18.9 Å². The average molecular weight is 175 g/mol. The predicted octanol–water partition coefficient (Wildman–Crippen LogP) is 3.00. The Morgan fingerprint density at radius 2 is 1.92 bits per heavy atom. The fourth-order valence-electron chi connectivity index (χ4n) is 1.20. The molecule has 70 valence electrons. The summed E-state index contributed by atoms with van der Waals surface area (Å²) in [5.74, 6) is 0. The van der Waals surface area contributed by atoms with Gasteiger partial charge in [-0.25, -0.2) is 0 Å². The summed E-state index contributed by atoms with van der Waals surface area (Å²) in [6.45, 7) is 3.30. The summed E-state index contributed by atoms with van der Waals surface area (Å²) in [6.07, 6.45) is 5.45. The van der Waals surface area contributed by atoms with Gasteiger partial charge in [0.05, 0.1) is 0 Å². The number of hydrogen-bond acceptors (Lipinski definition) is 1. The second-order valence-corrected chi connectivity index (χ2v) is 3.21. The molecular weight excluding hydrogens is 158 g/mol. The lowest BCUT2D eigenvalue weighted by Crippen LogP contribution is -2.10.